The van der Waals surface area contributed by atoms with Gasteiger partial charge < -0.3 is 20.4 Å². The first-order valence-electron chi connectivity index (χ1n) is 6.32. The van der Waals surface area contributed by atoms with Crippen molar-refractivity contribution in [3.63, 3.8) is 0 Å². The summed E-state index contributed by atoms with van der Waals surface area (Å²) in [6.07, 6.45) is 0.699. The monoisotopic (exact) mass is 258 g/mol. The van der Waals surface area contributed by atoms with Crippen molar-refractivity contribution in [2.24, 2.45) is 11.8 Å². The molecule has 0 radical (unpaired) electrons. The van der Waals surface area contributed by atoms with Gasteiger partial charge >= 0.3 is 0 Å². The smallest absolute Gasteiger partial charge is 0.123 e. The van der Waals surface area contributed by atoms with Gasteiger partial charge in [0, 0.05) is 13.2 Å². The van der Waals surface area contributed by atoms with E-state index in [9.17, 15) is 10.2 Å². The molecule has 0 aromatic rings. The second kappa shape index (κ2) is 7.10. The van der Waals surface area contributed by atoms with E-state index in [1.165, 1.54) is 0 Å². The zero-order valence-electron chi connectivity index (χ0n) is 11.8. The Bertz CT molecular complexity index is 271. The van der Waals surface area contributed by atoms with Crippen LogP contribution < -0.4 is 0 Å². The molecular weight excluding hydrogens is 232 g/mol. The summed E-state index contributed by atoms with van der Waals surface area (Å²) in [7, 11) is 0. The fourth-order valence-corrected chi connectivity index (χ4v) is 1.86. The summed E-state index contributed by atoms with van der Waals surface area (Å²) >= 11 is 0. The van der Waals surface area contributed by atoms with Crippen LogP contribution in [0.1, 0.15) is 40.5 Å². The fraction of sp³-hybridized carbons (Fsp3) is 0.857. The Kier molecular flexibility index (Phi) is 6.87. The number of aliphatic hydroxyl groups is 4. The van der Waals surface area contributed by atoms with Crippen LogP contribution in [0.2, 0.25) is 0 Å². The SMILES string of the molecule is CC(CO)CC(C)(O)C#CC(C)(O)CC(C)CO. The molecule has 0 aliphatic rings. The second-order valence-electron chi connectivity index (χ2n) is 5.78. The Morgan fingerprint density at radius 2 is 1.11 bits per heavy atom. The van der Waals surface area contributed by atoms with E-state index in [1.54, 1.807) is 13.8 Å². The maximum Gasteiger partial charge on any atom is 0.123 e. The Hall–Kier alpha value is -0.600. The molecule has 0 bridgehead atoms. The van der Waals surface area contributed by atoms with Crippen LogP contribution in [0, 0.1) is 23.7 Å². The van der Waals surface area contributed by atoms with Crippen LogP contribution in [0.5, 0.6) is 0 Å². The third kappa shape index (κ3) is 7.67. The summed E-state index contributed by atoms with van der Waals surface area (Å²) in [6.45, 7) is 6.77. The molecule has 0 fully saturated rings. The summed E-state index contributed by atoms with van der Waals surface area (Å²) in [5, 5.41) is 37.9. The molecule has 0 aliphatic heterocycles. The lowest BCUT2D eigenvalue weighted by Crippen LogP contribution is -2.30. The van der Waals surface area contributed by atoms with Gasteiger partial charge in [0.05, 0.1) is 0 Å². The zero-order valence-corrected chi connectivity index (χ0v) is 11.8. The van der Waals surface area contributed by atoms with Crippen molar-refractivity contribution in [3.8, 4) is 11.8 Å². The minimum Gasteiger partial charge on any atom is -0.396 e. The Balaban J connectivity index is 4.61. The molecule has 0 aromatic heterocycles. The first-order chi connectivity index (χ1) is 8.12. The minimum atomic E-state index is -1.23. The Morgan fingerprint density at radius 3 is 1.33 bits per heavy atom. The third-order valence-corrected chi connectivity index (χ3v) is 2.72. The van der Waals surface area contributed by atoms with E-state index in [-0.39, 0.29) is 25.0 Å². The predicted octanol–water partition coefficient (Wildman–Crippen LogP) is 0.529. The Morgan fingerprint density at radius 1 is 0.833 bits per heavy atom. The lowest BCUT2D eigenvalue weighted by Gasteiger charge is -2.23. The average Bonchev–Trinajstić information content (AvgIpc) is 2.25. The van der Waals surface area contributed by atoms with Gasteiger partial charge in [-0.25, -0.2) is 0 Å². The van der Waals surface area contributed by atoms with Crippen LogP contribution in [-0.4, -0.2) is 44.8 Å². The standard InChI is InChI=1S/C14H26O4/c1-11(9-15)7-13(3,17)5-6-14(4,18)8-12(2)10-16/h11-12,15-18H,7-10H2,1-4H3. The van der Waals surface area contributed by atoms with Crippen LogP contribution in [0.25, 0.3) is 0 Å². The molecule has 0 saturated carbocycles. The molecule has 0 rings (SSSR count). The maximum atomic E-state index is 10.0. The van der Waals surface area contributed by atoms with E-state index >= 15 is 0 Å². The molecule has 4 unspecified atom stereocenters. The molecule has 18 heavy (non-hydrogen) atoms. The average molecular weight is 258 g/mol. The molecule has 106 valence electrons. The molecular formula is C14H26O4. The first-order valence-corrected chi connectivity index (χ1v) is 6.32. The maximum absolute atomic E-state index is 10.0. The van der Waals surface area contributed by atoms with E-state index in [2.05, 4.69) is 11.8 Å². The van der Waals surface area contributed by atoms with Crippen LogP contribution in [0.4, 0.5) is 0 Å². The molecule has 4 heteroatoms. The highest BCUT2D eigenvalue weighted by atomic mass is 16.3. The Labute approximate surface area is 110 Å². The molecule has 4 atom stereocenters. The highest BCUT2D eigenvalue weighted by Crippen LogP contribution is 2.18. The highest BCUT2D eigenvalue weighted by Gasteiger charge is 2.24. The third-order valence-electron chi connectivity index (χ3n) is 2.72. The number of rotatable bonds is 6. The number of hydrogen-bond acceptors (Lipinski definition) is 4. The van der Waals surface area contributed by atoms with Crippen molar-refractivity contribution in [2.45, 2.75) is 51.7 Å². The summed E-state index contributed by atoms with van der Waals surface area (Å²) in [5.74, 6) is 5.22. The van der Waals surface area contributed by atoms with E-state index in [4.69, 9.17) is 10.2 Å². The zero-order chi connectivity index (χ0) is 14.4. The number of aliphatic hydroxyl groups excluding tert-OH is 2. The first kappa shape index (κ1) is 17.4. The molecule has 4 nitrogen and oxygen atoms in total. The summed E-state index contributed by atoms with van der Waals surface area (Å²) < 4.78 is 0. The molecule has 0 aromatic carbocycles. The van der Waals surface area contributed by atoms with Gasteiger partial charge in [-0.1, -0.05) is 25.7 Å². The van der Waals surface area contributed by atoms with Crippen LogP contribution in [-0.2, 0) is 0 Å². The van der Waals surface area contributed by atoms with E-state index in [1.807, 2.05) is 13.8 Å². The van der Waals surface area contributed by atoms with E-state index < -0.39 is 11.2 Å². The van der Waals surface area contributed by atoms with Crippen LogP contribution >= 0.6 is 0 Å². The second-order valence-corrected chi connectivity index (χ2v) is 5.78. The van der Waals surface area contributed by atoms with Gasteiger partial charge in [-0.15, -0.1) is 0 Å². The lowest BCUT2D eigenvalue weighted by atomic mass is 9.90. The normalized spacial score (nSPS) is 21.1. The largest absolute Gasteiger partial charge is 0.396 e. The molecule has 0 aliphatic carbocycles. The van der Waals surface area contributed by atoms with E-state index in [0.717, 1.165) is 0 Å². The number of hydrogen-bond donors (Lipinski definition) is 4. The van der Waals surface area contributed by atoms with Crippen molar-refractivity contribution in [1.29, 1.82) is 0 Å². The lowest BCUT2D eigenvalue weighted by molar-refractivity contribution is 0.0691. The van der Waals surface area contributed by atoms with Crippen molar-refractivity contribution < 1.29 is 20.4 Å². The summed E-state index contributed by atoms with van der Waals surface area (Å²) in [5.41, 5.74) is -2.46. The highest BCUT2D eigenvalue weighted by molar-refractivity contribution is 5.19. The molecule has 0 spiro atoms. The van der Waals surface area contributed by atoms with Crippen LogP contribution in [0.3, 0.4) is 0 Å². The van der Waals surface area contributed by atoms with Gasteiger partial charge in [-0.2, -0.15) is 0 Å². The van der Waals surface area contributed by atoms with Crippen molar-refractivity contribution >= 4 is 0 Å². The van der Waals surface area contributed by atoms with Crippen molar-refractivity contribution in [2.75, 3.05) is 13.2 Å². The molecule has 0 amide bonds. The quantitative estimate of drug-likeness (QED) is 0.524. The summed E-state index contributed by atoms with van der Waals surface area (Å²) in [4.78, 5) is 0. The minimum absolute atomic E-state index is 0.00420. The van der Waals surface area contributed by atoms with Gasteiger partial charge in [0.1, 0.15) is 11.2 Å². The van der Waals surface area contributed by atoms with Gasteiger partial charge in [0.2, 0.25) is 0 Å². The fourth-order valence-electron chi connectivity index (χ4n) is 1.86. The topological polar surface area (TPSA) is 80.9 Å². The van der Waals surface area contributed by atoms with Crippen molar-refractivity contribution in [3.05, 3.63) is 0 Å². The van der Waals surface area contributed by atoms with Crippen LogP contribution in [0.15, 0.2) is 0 Å². The predicted molar refractivity (Wildman–Crippen MR) is 70.8 cm³/mol. The van der Waals surface area contributed by atoms with Gasteiger partial charge in [-0.3, -0.25) is 0 Å². The molecule has 0 saturated heterocycles. The molecule has 0 heterocycles. The van der Waals surface area contributed by atoms with Gasteiger partial charge in [-0.05, 0) is 38.5 Å². The van der Waals surface area contributed by atoms with Crippen molar-refractivity contribution in [1.82, 2.24) is 0 Å². The van der Waals surface area contributed by atoms with E-state index in [0.29, 0.717) is 12.8 Å². The van der Waals surface area contributed by atoms with Gasteiger partial charge in [0.25, 0.3) is 0 Å². The summed E-state index contributed by atoms with van der Waals surface area (Å²) in [6, 6.07) is 0. The van der Waals surface area contributed by atoms with Gasteiger partial charge in [0.15, 0.2) is 0 Å². The molecule has 4 N–H and O–H groups in total.